The molecule has 0 N–H and O–H groups in total. The largest absolute Gasteiger partial charge is 0.297 e. The van der Waals surface area contributed by atoms with Crippen LogP contribution in [0.15, 0.2) is 49.4 Å². The molecule has 25 heavy (non-hydrogen) atoms. The second-order valence-corrected chi connectivity index (χ2v) is 6.28. The summed E-state index contributed by atoms with van der Waals surface area (Å²) in [6.45, 7) is 2.30. The zero-order valence-electron chi connectivity index (χ0n) is 13.8. The van der Waals surface area contributed by atoms with E-state index in [0.29, 0.717) is 12.2 Å². The minimum atomic E-state index is -0.244. The number of aromatic nitrogens is 5. The average molecular weight is 338 g/mol. The summed E-state index contributed by atoms with van der Waals surface area (Å²) < 4.78 is 15.7. The van der Waals surface area contributed by atoms with Gasteiger partial charge in [0.1, 0.15) is 12.1 Å². The Hall–Kier alpha value is -2.67. The number of pyridine rings is 1. The van der Waals surface area contributed by atoms with Crippen LogP contribution in [0.3, 0.4) is 0 Å². The van der Waals surface area contributed by atoms with Gasteiger partial charge in [0.05, 0.1) is 17.6 Å². The van der Waals surface area contributed by atoms with Crippen LogP contribution in [0, 0.1) is 5.82 Å². The molecule has 1 atom stereocenters. The van der Waals surface area contributed by atoms with Gasteiger partial charge in [-0.05, 0) is 31.5 Å². The molecule has 4 heterocycles. The Morgan fingerprint density at radius 1 is 1.20 bits per heavy atom. The first-order valence-electron chi connectivity index (χ1n) is 8.41. The molecule has 7 heteroatoms. The van der Waals surface area contributed by atoms with Crippen molar-refractivity contribution in [3.8, 4) is 5.82 Å². The Kier molecular flexibility index (Phi) is 4.47. The molecule has 0 spiro atoms. The summed E-state index contributed by atoms with van der Waals surface area (Å²) in [6, 6.07) is 3.08. The molecule has 4 rings (SSSR count). The van der Waals surface area contributed by atoms with E-state index in [2.05, 4.69) is 19.9 Å². The van der Waals surface area contributed by atoms with E-state index in [9.17, 15) is 4.39 Å². The van der Waals surface area contributed by atoms with Crippen LogP contribution in [-0.2, 0) is 6.54 Å². The van der Waals surface area contributed by atoms with Gasteiger partial charge in [0.2, 0.25) is 0 Å². The van der Waals surface area contributed by atoms with E-state index in [1.54, 1.807) is 31.0 Å². The Morgan fingerprint density at radius 3 is 3.00 bits per heavy atom. The minimum absolute atomic E-state index is 0.244. The number of imidazole rings is 1. The highest BCUT2D eigenvalue weighted by Gasteiger charge is 2.24. The van der Waals surface area contributed by atoms with Crippen molar-refractivity contribution in [1.29, 1.82) is 0 Å². The van der Waals surface area contributed by atoms with Crippen molar-refractivity contribution < 1.29 is 4.39 Å². The third-order valence-corrected chi connectivity index (χ3v) is 4.54. The van der Waals surface area contributed by atoms with E-state index >= 15 is 0 Å². The van der Waals surface area contributed by atoms with Crippen molar-refractivity contribution in [3.05, 3.63) is 66.6 Å². The fourth-order valence-electron chi connectivity index (χ4n) is 3.27. The second kappa shape index (κ2) is 7.06. The first-order chi connectivity index (χ1) is 12.3. The van der Waals surface area contributed by atoms with Gasteiger partial charge in [-0.25, -0.2) is 14.4 Å². The van der Waals surface area contributed by atoms with E-state index < -0.39 is 0 Å². The lowest BCUT2D eigenvalue weighted by molar-refractivity contribution is 0.194. The maximum atomic E-state index is 13.9. The summed E-state index contributed by atoms with van der Waals surface area (Å²) >= 11 is 0. The fourth-order valence-corrected chi connectivity index (χ4v) is 3.27. The maximum Gasteiger partial charge on any atom is 0.156 e. The molecular weight excluding hydrogens is 319 g/mol. The Morgan fingerprint density at radius 2 is 2.16 bits per heavy atom. The molecule has 0 saturated carbocycles. The molecule has 128 valence electrons. The van der Waals surface area contributed by atoms with Gasteiger partial charge in [-0.15, -0.1) is 0 Å². The van der Waals surface area contributed by atoms with Crippen molar-refractivity contribution in [2.45, 2.75) is 25.3 Å². The predicted octanol–water partition coefficient (Wildman–Crippen LogP) is 2.58. The van der Waals surface area contributed by atoms with Gasteiger partial charge in [-0.2, -0.15) is 0 Å². The van der Waals surface area contributed by atoms with Gasteiger partial charge in [0, 0.05) is 43.8 Å². The molecule has 0 amide bonds. The van der Waals surface area contributed by atoms with Crippen LogP contribution in [0.2, 0.25) is 0 Å². The topological polar surface area (TPSA) is 59.7 Å². The minimum Gasteiger partial charge on any atom is -0.297 e. The van der Waals surface area contributed by atoms with E-state index in [0.717, 1.165) is 37.4 Å². The number of likely N-dealkylation sites (tertiary alicyclic amines) is 1. The zero-order chi connectivity index (χ0) is 17.1. The van der Waals surface area contributed by atoms with Crippen molar-refractivity contribution in [2.24, 2.45) is 0 Å². The number of hydrogen-bond acceptors (Lipinski definition) is 5. The van der Waals surface area contributed by atoms with Crippen LogP contribution < -0.4 is 0 Å². The zero-order valence-corrected chi connectivity index (χ0v) is 13.8. The van der Waals surface area contributed by atoms with Crippen LogP contribution in [0.1, 0.15) is 30.1 Å². The number of nitrogens with zero attached hydrogens (tertiary/aromatic N) is 6. The highest BCUT2D eigenvalue weighted by molar-refractivity contribution is 5.21. The molecule has 0 aliphatic carbocycles. The maximum absolute atomic E-state index is 13.9. The molecule has 0 bridgehead atoms. The molecular formula is C18H19FN6. The first kappa shape index (κ1) is 15.8. The van der Waals surface area contributed by atoms with Gasteiger partial charge < -0.3 is 0 Å². The predicted molar refractivity (Wildman–Crippen MR) is 90.6 cm³/mol. The van der Waals surface area contributed by atoms with Gasteiger partial charge in [0.25, 0.3) is 0 Å². The van der Waals surface area contributed by atoms with Crippen molar-refractivity contribution >= 4 is 0 Å². The lowest BCUT2D eigenvalue weighted by Gasteiger charge is -2.32. The summed E-state index contributed by atoms with van der Waals surface area (Å²) in [4.78, 5) is 19.5. The molecule has 6 nitrogen and oxygen atoms in total. The molecule has 1 fully saturated rings. The van der Waals surface area contributed by atoms with Crippen LogP contribution >= 0.6 is 0 Å². The summed E-state index contributed by atoms with van der Waals surface area (Å²) in [5.41, 5.74) is 1.47. The molecule has 1 aliphatic heterocycles. The van der Waals surface area contributed by atoms with E-state index in [1.807, 2.05) is 17.0 Å². The second-order valence-electron chi connectivity index (χ2n) is 6.28. The lowest BCUT2D eigenvalue weighted by Crippen LogP contribution is -2.34. The van der Waals surface area contributed by atoms with Crippen molar-refractivity contribution in [2.75, 3.05) is 13.1 Å². The van der Waals surface area contributed by atoms with E-state index in [4.69, 9.17) is 4.98 Å². The monoisotopic (exact) mass is 338 g/mol. The van der Waals surface area contributed by atoms with E-state index in [1.165, 1.54) is 6.07 Å². The molecule has 1 unspecified atom stereocenters. The third-order valence-electron chi connectivity index (χ3n) is 4.54. The van der Waals surface area contributed by atoms with Crippen LogP contribution in [0.5, 0.6) is 0 Å². The molecule has 3 aromatic heterocycles. The van der Waals surface area contributed by atoms with Crippen LogP contribution in [0.25, 0.3) is 5.82 Å². The summed E-state index contributed by atoms with van der Waals surface area (Å²) in [7, 11) is 0. The Labute approximate surface area is 145 Å². The standard InChI is InChI=1S/C18H19FN6/c19-15-4-1-5-22-17(15)12-24-7-2-3-14(11-24)16-9-21-10-18(23-16)25-8-6-20-13-25/h1,4-6,8-10,13-14H,2-3,7,11-12H2. The highest BCUT2D eigenvalue weighted by atomic mass is 19.1. The van der Waals surface area contributed by atoms with Gasteiger partial charge >= 0.3 is 0 Å². The number of halogens is 1. The Balaban J connectivity index is 1.50. The van der Waals surface area contributed by atoms with Crippen LogP contribution in [-0.4, -0.2) is 42.5 Å². The summed E-state index contributed by atoms with van der Waals surface area (Å²) in [6.07, 6.45) is 12.6. The fraction of sp³-hybridized carbons (Fsp3) is 0.333. The first-order valence-corrected chi connectivity index (χ1v) is 8.41. The smallest absolute Gasteiger partial charge is 0.156 e. The van der Waals surface area contributed by atoms with E-state index in [-0.39, 0.29) is 11.7 Å². The SMILES string of the molecule is Fc1cccnc1CN1CCCC(c2cncc(-n3ccnc3)n2)C1. The molecule has 1 saturated heterocycles. The summed E-state index contributed by atoms with van der Waals surface area (Å²) in [5, 5.41) is 0. The Bertz CT molecular complexity index is 835. The van der Waals surface area contributed by atoms with Gasteiger partial charge in [-0.1, -0.05) is 0 Å². The highest BCUT2D eigenvalue weighted by Crippen LogP contribution is 2.26. The lowest BCUT2D eigenvalue weighted by atomic mass is 9.95. The molecule has 0 radical (unpaired) electrons. The van der Waals surface area contributed by atoms with Crippen molar-refractivity contribution in [1.82, 2.24) is 29.4 Å². The number of piperidine rings is 1. The molecule has 3 aromatic rings. The molecule has 1 aliphatic rings. The normalized spacial score (nSPS) is 18.4. The van der Waals surface area contributed by atoms with Gasteiger partial charge in [0.15, 0.2) is 5.82 Å². The third kappa shape index (κ3) is 3.56. The van der Waals surface area contributed by atoms with Gasteiger partial charge in [-0.3, -0.25) is 19.4 Å². The average Bonchev–Trinajstić information content (AvgIpc) is 3.19. The number of rotatable bonds is 4. The quantitative estimate of drug-likeness (QED) is 0.732. The molecule has 0 aromatic carbocycles. The van der Waals surface area contributed by atoms with Crippen molar-refractivity contribution in [3.63, 3.8) is 0 Å². The summed E-state index contributed by atoms with van der Waals surface area (Å²) in [5.74, 6) is 0.811. The van der Waals surface area contributed by atoms with Crippen LogP contribution in [0.4, 0.5) is 4.39 Å². The number of hydrogen-bond donors (Lipinski definition) is 0.